The summed E-state index contributed by atoms with van der Waals surface area (Å²) in [5, 5.41) is 5.46. The smallest absolute Gasteiger partial charge is 0.240 e. The van der Waals surface area contributed by atoms with Crippen LogP contribution in [0.4, 0.5) is 0 Å². The number of primary amides is 1. The maximum atomic E-state index is 13.4. The lowest BCUT2D eigenvalue weighted by Gasteiger charge is -2.37. The molecule has 0 aliphatic carbocycles. The van der Waals surface area contributed by atoms with Crippen molar-refractivity contribution in [1.29, 1.82) is 0 Å². The molecule has 178 valence electrons. The molecule has 3 amide bonds. The van der Waals surface area contributed by atoms with E-state index in [0.29, 0.717) is 38.6 Å². The summed E-state index contributed by atoms with van der Waals surface area (Å²) >= 11 is 0. The molecule has 1 aromatic carbocycles. The monoisotopic (exact) mass is 456 g/mol. The Labute approximate surface area is 192 Å². The van der Waals surface area contributed by atoms with Gasteiger partial charge in [0.05, 0.1) is 6.04 Å². The molecule has 2 aliphatic rings. The third-order valence-corrected chi connectivity index (χ3v) is 6.46. The number of carbonyl (C=O) groups is 4. The molecule has 0 spiro atoms. The zero-order valence-electron chi connectivity index (χ0n) is 18.5. The molecular weight excluding hydrogens is 424 g/mol. The van der Waals surface area contributed by atoms with Crippen molar-refractivity contribution in [3.8, 4) is 0 Å². The number of hydrogen-bond acceptors (Lipinski definition) is 5. The molecule has 1 unspecified atom stereocenters. The fraction of sp³-hybridized carbons (Fsp3) is 0.522. The third kappa shape index (κ3) is 6.30. The van der Waals surface area contributed by atoms with Gasteiger partial charge in [-0.1, -0.05) is 30.3 Å². The molecular formula is C23H32N6O4. The lowest BCUT2D eigenvalue weighted by atomic mass is 9.74. The SMILES string of the molecule is NC(=O)[C@H]1CC(C(=O)[C@H]2CC[C@H](Cc3ccccc3)C(=O)N2)[C@@H](CCCN=C(N)N)C(=O)N1. The van der Waals surface area contributed by atoms with Gasteiger partial charge in [0.15, 0.2) is 11.7 Å². The standard InChI is InChI=1S/C23H32N6O4/c24-20(31)18-12-16(15(22(33)29-18)7-4-10-27-23(25)26)19(30)17-9-8-14(21(32)28-17)11-13-5-2-1-3-6-13/h1-3,5-6,14-18H,4,7-12H2,(H2,24,31)(H,28,32)(H,29,33)(H4,25,26,27)/t14-,15-,16?,17-,18-/m1/s1. The van der Waals surface area contributed by atoms with E-state index in [0.717, 1.165) is 5.56 Å². The van der Waals surface area contributed by atoms with Gasteiger partial charge in [-0.2, -0.15) is 0 Å². The number of amides is 3. The largest absolute Gasteiger partial charge is 0.370 e. The number of benzene rings is 1. The van der Waals surface area contributed by atoms with Crippen LogP contribution < -0.4 is 27.8 Å². The number of ketones is 1. The second-order valence-electron chi connectivity index (χ2n) is 8.79. The van der Waals surface area contributed by atoms with E-state index in [4.69, 9.17) is 17.2 Å². The van der Waals surface area contributed by atoms with E-state index < -0.39 is 35.7 Å². The van der Waals surface area contributed by atoms with Crippen LogP contribution >= 0.6 is 0 Å². The number of rotatable bonds is 9. The molecule has 33 heavy (non-hydrogen) atoms. The van der Waals surface area contributed by atoms with Crippen molar-refractivity contribution in [3.05, 3.63) is 35.9 Å². The van der Waals surface area contributed by atoms with Crippen LogP contribution in [0.5, 0.6) is 0 Å². The van der Waals surface area contributed by atoms with Gasteiger partial charge < -0.3 is 27.8 Å². The fourth-order valence-electron chi connectivity index (χ4n) is 4.72. The first-order valence-electron chi connectivity index (χ1n) is 11.3. The number of hydrogen-bond donors (Lipinski definition) is 5. The molecule has 0 aromatic heterocycles. The number of aliphatic imine (C=N–C) groups is 1. The summed E-state index contributed by atoms with van der Waals surface area (Å²) in [5.74, 6) is -3.08. The zero-order chi connectivity index (χ0) is 24.0. The van der Waals surface area contributed by atoms with Crippen molar-refractivity contribution in [3.63, 3.8) is 0 Å². The highest BCUT2D eigenvalue weighted by Gasteiger charge is 2.45. The van der Waals surface area contributed by atoms with E-state index >= 15 is 0 Å². The van der Waals surface area contributed by atoms with Crippen LogP contribution in [-0.2, 0) is 25.6 Å². The maximum absolute atomic E-state index is 13.4. The normalized spacial score (nSPS) is 27.2. The average molecular weight is 457 g/mol. The van der Waals surface area contributed by atoms with Crippen molar-refractivity contribution >= 4 is 29.5 Å². The van der Waals surface area contributed by atoms with Crippen LogP contribution in [-0.4, -0.2) is 48.1 Å². The number of Topliss-reactive ketones (excluding diaryl/α,β-unsaturated/α-hetero) is 1. The first kappa shape index (κ1) is 24.2. The first-order valence-corrected chi connectivity index (χ1v) is 11.3. The minimum absolute atomic E-state index is 0.0421. The van der Waals surface area contributed by atoms with Crippen LogP contribution in [0.1, 0.15) is 37.7 Å². The first-order chi connectivity index (χ1) is 15.8. The quantitative estimate of drug-likeness (QED) is 0.187. The van der Waals surface area contributed by atoms with Crippen LogP contribution in [0.2, 0.25) is 0 Å². The Morgan fingerprint density at radius 2 is 1.67 bits per heavy atom. The highest BCUT2D eigenvalue weighted by atomic mass is 16.2. The van der Waals surface area contributed by atoms with E-state index in [1.54, 1.807) is 0 Å². The van der Waals surface area contributed by atoms with Gasteiger partial charge in [0.25, 0.3) is 0 Å². The number of piperidine rings is 2. The number of carbonyl (C=O) groups excluding carboxylic acids is 4. The minimum Gasteiger partial charge on any atom is -0.370 e. The summed E-state index contributed by atoms with van der Waals surface area (Å²) < 4.78 is 0. The molecule has 1 aromatic rings. The molecule has 10 nitrogen and oxygen atoms in total. The van der Waals surface area contributed by atoms with E-state index in [-0.39, 0.29) is 30.0 Å². The maximum Gasteiger partial charge on any atom is 0.240 e. The zero-order valence-corrected chi connectivity index (χ0v) is 18.5. The summed E-state index contributed by atoms with van der Waals surface area (Å²) in [5.41, 5.74) is 17.1. The average Bonchev–Trinajstić information content (AvgIpc) is 2.78. The molecule has 0 saturated carbocycles. The van der Waals surface area contributed by atoms with Gasteiger partial charge in [-0.3, -0.25) is 24.2 Å². The Morgan fingerprint density at radius 1 is 0.970 bits per heavy atom. The van der Waals surface area contributed by atoms with Crippen molar-refractivity contribution in [2.75, 3.05) is 6.54 Å². The second kappa shape index (κ2) is 10.9. The highest BCUT2D eigenvalue weighted by molar-refractivity contribution is 5.98. The topological polar surface area (TPSA) is 183 Å². The summed E-state index contributed by atoms with van der Waals surface area (Å²) in [4.78, 5) is 54.5. The second-order valence-corrected chi connectivity index (χ2v) is 8.79. The summed E-state index contributed by atoms with van der Waals surface area (Å²) in [6.45, 7) is 0.327. The molecule has 2 aliphatic heterocycles. The molecule has 5 atom stereocenters. The molecule has 2 heterocycles. The van der Waals surface area contributed by atoms with Gasteiger partial charge in [-0.25, -0.2) is 0 Å². The van der Waals surface area contributed by atoms with Gasteiger partial charge in [0, 0.05) is 24.3 Å². The van der Waals surface area contributed by atoms with Crippen LogP contribution in [0, 0.1) is 17.8 Å². The molecule has 2 fully saturated rings. The third-order valence-electron chi connectivity index (χ3n) is 6.46. The van der Waals surface area contributed by atoms with Crippen LogP contribution in [0.15, 0.2) is 35.3 Å². The van der Waals surface area contributed by atoms with Crippen LogP contribution in [0.3, 0.4) is 0 Å². The minimum atomic E-state index is -0.912. The van der Waals surface area contributed by atoms with Crippen molar-refractivity contribution < 1.29 is 19.2 Å². The molecule has 3 rings (SSSR count). The van der Waals surface area contributed by atoms with E-state index in [9.17, 15) is 19.2 Å². The molecule has 8 N–H and O–H groups in total. The number of nitrogens with two attached hydrogens (primary N) is 3. The Kier molecular flexibility index (Phi) is 8.02. The van der Waals surface area contributed by atoms with Crippen molar-refractivity contribution in [2.24, 2.45) is 39.9 Å². The molecule has 2 saturated heterocycles. The number of nitrogens with one attached hydrogen (secondary N) is 2. The Balaban J connectivity index is 1.67. The Hall–Kier alpha value is -3.43. The predicted molar refractivity (Wildman–Crippen MR) is 122 cm³/mol. The van der Waals surface area contributed by atoms with Gasteiger partial charge in [0.1, 0.15) is 6.04 Å². The summed E-state index contributed by atoms with van der Waals surface area (Å²) in [6, 6.07) is 8.13. The van der Waals surface area contributed by atoms with Crippen molar-refractivity contribution in [1.82, 2.24) is 10.6 Å². The lowest BCUT2D eigenvalue weighted by molar-refractivity contribution is -0.143. The number of guanidine groups is 1. The number of nitrogens with zero attached hydrogens (tertiary/aromatic N) is 1. The summed E-state index contributed by atoms with van der Waals surface area (Å²) in [6.07, 6.45) is 2.66. The lowest BCUT2D eigenvalue weighted by Crippen LogP contribution is -2.58. The van der Waals surface area contributed by atoms with Gasteiger partial charge in [-0.05, 0) is 44.1 Å². The molecule has 10 heteroatoms. The Morgan fingerprint density at radius 3 is 2.30 bits per heavy atom. The van der Waals surface area contributed by atoms with Gasteiger partial charge >= 0.3 is 0 Å². The van der Waals surface area contributed by atoms with Crippen LogP contribution in [0.25, 0.3) is 0 Å². The molecule has 0 bridgehead atoms. The van der Waals surface area contributed by atoms with Gasteiger partial charge in [-0.15, -0.1) is 0 Å². The summed E-state index contributed by atoms with van der Waals surface area (Å²) in [7, 11) is 0. The van der Waals surface area contributed by atoms with E-state index in [1.807, 2.05) is 30.3 Å². The molecule has 0 radical (unpaired) electrons. The predicted octanol–water partition coefficient (Wildman–Crippen LogP) is -0.647. The highest BCUT2D eigenvalue weighted by Crippen LogP contribution is 2.31. The Bertz CT molecular complexity index is 915. The van der Waals surface area contributed by atoms with Gasteiger partial charge in [0.2, 0.25) is 17.7 Å². The van der Waals surface area contributed by atoms with Crippen molar-refractivity contribution in [2.45, 2.75) is 50.6 Å². The van der Waals surface area contributed by atoms with E-state index in [2.05, 4.69) is 15.6 Å². The fourth-order valence-corrected chi connectivity index (χ4v) is 4.72. The van der Waals surface area contributed by atoms with E-state index in [1.165, 1.54) is 0 Å².